The Kier molecular flexibility index (Phi) is 5.98. The summed E-state index contributed by atoms with van der Waals surface area (Å²) in [4.78, 5) is 24.9. The average Bonchev–Trinajstić information content (AvgIpc) is 2.67. The van der Waals surface area contributed by atoms with Gasteiger partial charge in [-0.15, -0.1) is 0 Å². The molecule has 7 heteroatoms. The lowest BCUT2D eigenvalue weighted by atomic mass is 10.2. The van der Waals surface area contributed by atoms with Crippen molar-refractivity contribution in [3.63, 3.8) is 0 Å². The van der Waals surface area contributed by atoms with Crippen LogP contribution < -0.4 is 5.32 Å². The van der Waals surface area contributed by atoms with Crippen LogP contribution in [0.15, 0.2) is 66.1 Å². The van der Waals surface area contributed by atoms with Crippen LogP contribution >= 0.6 is 23.4 Å². The molecule has 0 saturated carbocycles. The lowest BCUT2D eigenvalue weighted by Crippen LogP contribution is -2.24. The van der Waals surface area contributed by atoms with E-state index in [1.54, 1.807) is 30.6 Å². The first-order valence-electron chi connectivity index (χ1n) is 7.59. The Morgan fingerprint density at radius 2 is 1.84 bits per heavy atom. The molecule has 0 aliphatic rings. The van der Waals surface area contributed by atoms with Gasteiger partial charge in [-0.3, -0.25) is 9.78 Å². The number of carbonyl (C=O) groups is 1. The summed E-state index contributed by atoms with van der Waals surface area (Å²) < 4.78 is 0. The predicted molar refractivity (Wildman–Crippen MR) is 99.3 cm³/mol. The maximum absolute atomic E-state index is 12.0. The van der Waals surface area contributed by atoms with Gasteiger partial charge >= 0.3 is 0 Å². The van der Waals surface area contributed by atoms with E-state index in [4.69, 9.17) is 11.6 Å². The molecule has 0 unspecified atom stereocenters. The highest BCUT2D eigenvalue weighted by Crippen LogP contribution is 2.18. The first-order chi connectivity index (χ1) is 12.2. The topological polar surface area (TPSA) is 67.8 Å². The standard InChI is InChI=1S/C18H15ClN4OS/c19-14-6-4-13(5-7-14)11-22-17(24)12-25-18-21-10-8-16(23-18)15-3-1-2-9-20-15/h1-10H,11-12H2,(H,22,24). The van der Waals surface area contributed by atoms with Crippen molar-refractivity contribution in [3.05, 3.63) is 71.5 Å². The van der Waals surface area contributed by atoms with Gasteiger partial charge in [0.15, 0.2) is 5.16 Å². The normalized spacial score (nSPS) is 10.4. The van der Waals surface area contributed by atoms with Gasteiger partial charge in [-0.25, -0.2) is 9.97 Å². The van der Waals surface area contributed by atoms with E-state index >= 15 is 0 Å². The second-order valence-corrected chi connectivity index (χ2v) is 6.51. The molecule has 25 heavy (non-hydrogen) atoms. The summed E-state index contributed by atoms with van der Waals surface area (Å²) in [5.74, 6) is 0.172. The van der Waals surface area contributed by atoms with Gasteiger partial charge < -0.3 is 5.32 Å². The van der Waals surface area contributed by atoms with Gasteiger partial charge in [-0.2, -0.15) is 0 Å². The Bertz CT molecular complexity index is 843. The minimum Gasteiger partial charge on any atom is -0.351 e. The van der Waals surface area contributed by atoms with Crippen LogP contribution in [-0.2, 0) is 11.3 Å². The van der Waals surface area contributed by atoms with Crippen LogP contribution in [0.25, 0.3) is 11.4 Å². The number of halogens is 1. The van der Waals surface area contributed by atoms with Crippen LogP contribution in [0, 0.1) is 0 Å². The van der Waals surface area contributed by atoms with Crippen molar-refractivity contribution in [2.24, 2.45) is 0 Å². The van der Waals surface area contributed by atoms with E-state index in [-0.39, 0.29) is 11.7 Å². The number of hydrogen-bond donors (Lipinski definition) is 1. The van der Waals surface area contributed by atoms with Gasteiger partial charge in [0.25, 0.3) is 0 Å². The van der Waals surface area contributed by atoms with Crippen molar-refractivity contribution in [2.45, 2.75) is 11.7 Å². The summed E-state index contributed by atoms with van der Waals surface area (Å²) in [7, 11) is 0. The number of thioether (sulfide) groups is 1. The second-order valence-electron chi connectivity index (χ2n) is 5.13. The Hall–Kier alpha value is -2.44. The molecule has 0 spiro atoms. The maximum Gasteiger partial charge on any atom is 0.230 e. The summed E-state index contributed by atoms with van der Waals surface area (Å²) in [5.41, 5.74) is 2.51. The number of rotatable bonds is 6. The van der Waals surface area contributed by atoms with Crippen molar-refractivity contribution in [3.8, 4) is 11.4 Å². The SMILES string of the molecule is O=C(CSc1nccc(-c2ccccn2)n1)NCc1ccc(Cl)cc1. The largest absolute Gasteiger partial charge is 0.351 e. The van der Waals surface area contributed by atoms with Crippen molar-refractivity contribution in [1.29, 1.82) is 0 Å². The smallest absolute Gasteiger partial charge is 0.230 e. The first kappa shape index (κ1) is 17.4. The van der Waals surface area contributed by atoms with Crippen LogP contribution in [-0.4, -0.2) is 26.6 Å². The number of nitrogens with one attached hydrogen (secondary N) is 1. The zero-order chi connectivity index (χ0) is 17.5. The van der Waals surface area contributed by atoms with Gasteiger partial charge in [0.05, 0.1) is 17.1 Å². The van der Waals surface area contributed by atoms with E-state index in [1.165, 1.54) is 11.8 Å². The third-order valence-corrected chi connectivity index (χ3v) is 4.41. The number of hydrogen-bond acceptors (Lipinski definition) is 5. The number of amides is 1. The highest BCUT2D eigenvalue weighted by molar-refractivity contribution is 7.99. The molecule has 2 aromatic heterocycles. The molecule has 1 amide bonds. The molecule has 0 aliphatic heterocycles. The molecule has 0 radical (unpaired) electrons. The summed E-state index contributed by atoms with van der Waals surface area (Å²) in [5, 5.41) is 4.09. The fraction of sp³-hybridized carbons (Fsp3) is 0.111. The van der Waals surface area contributed by atoms with E-state index in [0.29, 0.717) is 16.7 Å². The van der Waals surface area contributed by atoms with E-state index < -0.39 is 0 Å². The molecule has 3 aromatic rings. The molecule has 0 bridgehead atoms. The quantitative estimate of drug-likeness (QED) is 0.530. The second kappa shape index (κ2) is 8.60. The number of carbonyl (C=O) groups excluding carboxylic acids is 1. The summed E-state index contributed by atoms with van der Waals surface area (Å²) in [6, 6.07) is 14.8. The Morgan fingerprint density at radius 1 is 1.00 bits per heavy atom. The van der Waals surface area contributed by atoms with Crippen LogP contribution in [0.5, 0.6) is 0 Å². The minimum absolute atomic E-state index is 0.0770. The zero-order valence-electron chi connectivity index (χ0n) is 13.2. The summed E-state index contributed by atoms with van der Waals surface area (Å²) >= 11 is 7.13. The molecule has 1 aromatic carbocycles. The number of nitrogens with zero attached hydrogens (tertiary/aromatic N) is 3. The molecule has 0 aliphatic carbocycles. The highest BCUT2D eigenvalue weighted by atomic mass is 35.5. The number of benzene rings is 1. The fourth-order valence-corrected chi connectivity index (χ4v) is 2.84. The van der Waals surface area contributed by atoms with Crippen molar-refractivity contribution in [2.75, 3.05) is 5.75 Å². The van der Waals surface area contributed by atoms with Crippen molar-refractivity contribution in [1.82, 2.24) is 20.3 Å². The number of aromatic nitrogens is 3. The van der Waals surface area contributed by atoms with Crippen LogP contribution in [0.1, 0.15) is 5.56 Å². The molecular formula is C18H15ClN4OS. The molecule has 0 fully saturated rings. The van der Waals surface area contributed by atoms with Crippen LogP contribution in [0.2, 0.25) is 5.02 Å². The lowest BCUT2D eigenvalue weighted by molar-refractivity contribution is -0.118. The highest BCUT2D eigenvalue weighted by Gasteiger charge is 2.07. The van der Waals surface area contributed by atoms with Crippen LogP contribution in [0.4, 0.5) is 0 Å². The third-order valence-electron chi connectivity index (χ3n) is 3.30. The van der Waals surface area contributed by atoms with E-state index in [9.17, 15) is 4.79 Å². The van der Waals surface area contributed by atoms with E-state index in [0.717, 1.165) is 17.0 Å². The van der Waals surface area contributed by atoms with E-state index in [1.807, 2.05) is 30.3 Å². The monoisotopic (exact) mass is 370 g/mol. The zero-order valence-corrected chi connectivity index (χ0v) is 14.8. The predicted octanol–water partition coefficient (Wildman–Crippen LogP) is 3.60. The van der Waals surface area contributed by atoms with Gasteiger partial charge in [-0.05, 0) is 35.9 Å². The van der Waals surface area contributed by atoms with Crippen LogP contribution in [0.3, 0.4) is 0 Å². The Balaban J connectivity index is 1.53. The molecule has 0 saturated heterocycles. The molecule has 3 rings (SSSR count). The summed E-state index contributed by atoms with van der Waals surface area (Å²) in [6.45, 7) is 0.464. The lowest BCUT2D eigenvalue weighted by Gasteiger charge is -2.06. The minimum atomic E-state index is -0.0770. The molecule has 126 valence electrons. The Labute approximate surface area is 154 Å². The fourth-order valence-electron chi connectivity index (χ4n) is 2.05. The number of pyridine rings is 1. The van der Waals surface area contributed by atoms with Crippen molar-refractivity contribution < 1.29 is 4.79 Å². The van der Waals surface area contributed by atoms with E-state index in [2.05, 4.69) is 20.3 Å². The Morgan fingerprint density at radius 3 is 2.60 bits per heavy atom. The molecular weight excluding hydrogens is 356 g/mol. The molecule has 1 N–H and O–H groups in total. The van der Waals surface area contributed by atoms with Gasteiger partial charge in [0.2, 0.25) is 5.91 Å². The molecule has 2 heterocycles. The average molecular weight is 371 g/mol. The first-order valence-corrected chi connectivity index (χ1v) is 8.95. The molecule has 0 atom stereocenters. The van der Waals surface area contributed by atoms with Crippen molar-refractivity contribution >= 4 is 29.3 Å². The maximum atomic E-state index is 12.0. The molecule has 5 nitrogen and oxygen atoms in total. The van der Waals surface area contributed by atoms with Gasteiger partial charge in [0.1, 0.15) is 0 Å². The van der Waals surface area contributed by atoms with Gasteiger partial charge in [-0.1, -0.05) is 41.6 Å². The third kappa shape index (κ3) is 5.27. The summed E-state index contributed by atoms with van der Waals surface area (Å²) in [6.07, 6.45) is 3.39. The van der Waals surface area contributed by atoms with Gasteiger partial charge in [0, 0.05) is 24.0 Å².